The highest BCUT2D eigenvalue weighted by Crippen LogP contribution is 2.21. The second-order valence-electron chi connectivity index (χ2n) is 2.61. The van der Waals surface area contributed by atoms with Crippen molar-refractivity contribution in [2.24, 2.45) is 0 Å². The summed E-state index contributed by atoms with van der Waals surface area (Å²) in [6.07, 6.45) is 3.72. The summed E-state index contributed by atoms with van der Waals surface area (Å²) >= 11 is 0. The maximum atomic E-state index is 10.7. The van der Waals surface area contributed by atoms with Crippen LogP contribution < -0.4 is 0 Å². The Kier molecular flexibility index (Phi) is 2.91. The Morgan fingerprint density at radius 2 is 1.58 bits per heavy atom. The summed E-state index contributed by atoms with van der Waals surface area (Å²) in [6, 6.07) is 0. The molecule has 1 fully saturated rings. The highest BCUT2D eigenvalue weighted by atomic mass is 16.8. The summed E-state index contributed by atoms with van der Waals surface area (Å²) in [5.74, 6) is 0. The van der Waals surface area contributed by atoms with Gasteiger partial charge in [0.05, 0.1) is 0 Å². The molecule has 0 spiro atoms. The molecule has 0 aromatic rings. The van der Waals surface area contributed by atoms with Crippen molar-refractivity contribution in [2.75, 3.05) is 0 Å². The van der Waals surface area contributed by atoms with E-state index in [2.05, 4.69) is 13.2 Å². The van der Waals surface area contributed by atoms with E-state index in [1.54, 1.807) is 12.2 Å². The molecule has 0 N–H and O–H groups in total. The van der Waals surface area contributed by atoms with Crippen molar-refractivity contribution >= 4 is 6.16 Å². The standard InChI is InChI=1S/C9H12O3/c1-3-5-7-8(6-4-2)12-9(10)11-7/h3-4,7-8H,1-2,5-6H2/t7-,8+. The summed E-state index contributed by atoms with van der Waals surface area (Å²) in [7, 11) is 0. The van der Waals surface area contributed by atoms with Crippen LogP contribution in [0.2, 0.25) is 0 Å². The first-order valence-electron chi connectivity index (χ1n) is 3.87. The van der Waals surface area contributed by atoms with Gasteiger partial charge in [0, 0.05) is 12.8 Å². The third-order valence-electron chi connectivity index (χ3n) is 1.71. The Hall–Kier alpha value is -1.25. The number of carbonyl (C=O) groups excluding carboxylic acids is 1. The number of ether oxygens (including phenoxy) is 2. The minimum Gasteiger partial charge on any atom is -0.427 e. The fraction of sp³-hybridized carbons (Fsp3) is 0.444. The van der Waals surface area contributed by atoms with Crippen LogP contribution in [-0.4, -0.2) is 18.4 Å². The second-order valence-corrected chi connectivity index (χ2v) is 2.61. The molecule has 3 heteroatoms. The van der Waals surface area contributed by atoms with Gasteiger partial charge in [0.15, 0.2) is 0 Å². The van der Waals surface area contributed by atoms with Gasteiger partial charge in [-0.05, 0) is 0 Å². The summed E-state index contributed by atoms with van der Waals surface area (Å²) in [6.45, 7) is 7.14. The van der Waals surface area contributed by atoms with E-state index in [1.165, 1.54) is 0 Å². The first kappa shape index (κ1) is 8.84. The first-order chi connectivity index (χ1) is 5.77. The van der Waals surface area contributed by atoms with E-state index in [-0.39, 0.29) is 12.2 Å². The van der Waals surface area contributed by atoms with Gasteiger partial charge in [-0.25, -0.2) is 4.79 Å². The lowest BCUT2D eigenvalue weighted by molar-refractivity contribution is 0.116. The van der Waals surface area contributed by atoms with Crippen molar-refractivity contribution in [3.63, 3.8) is 0 Å². The minimum absolute atomic E-state index is 0.187. The van der Waals surface area contributed by atoms with Crippen LogP contribution in [0.1, 0.15) is 12.8 Å². The molecular weight excluding hydrogens is 156 g/mol. The first-order valence-corrected chi connectivity index (χ1v) is 3.87. The van der Waals surface area contributed by atoms with Gasteiger partial charge < -0.3 is 9.47 Å². The predicted molar refractivity (Wildman–Crippen MR) is 44.8 cm³/mol. The molecule has 3 nitrogen and oxygen atoms in total. The summed E-state index contributed by atoms with van der Waals surface area (Å²) in [4.78, 5) is 10.7. The van der Waals surface area contributed by atoms with E-state index in [4.69, 9.17) is 9.47 Å². The SMILES string of the molecule is C=CC[C@@H]1OC(=O)O[C@@H]1CC=C. The number of hydrogen-bond acceptors (Lipinski definition) is 3. The van der Waals surface area contributed by atoms with E-state index in [0.717, 1.165) is 0 Å². The molecule has 1 aliphatic rings. The molecule has 1 heterocycles. The van der Waals surface area contributed by atoms with Gasteiger partial charge in [-0.1, -0.05) is 12.2 Å². The average molecular weight is 168 g/mol. The zero-order valence-electron chi connectivity index (χ0n) is 6.86. The number of rotatable bonds is 4. The average Bonchev–Trinajstić information content (AvgIpc) is 2.33. The van der Waals surface area contributed by atoms with Gasteiger partial charge >= 0.3 is 6.16 Å². The van der Waals surface area contributed by atoms with Crippen molar-refractivity contribution in [1.29, 1.82) is 0 Å². The normalized spacial score (nSPS) is 27.5. The van der Waals surface area contributed by atoms with Crippen molar-refractivity contribution in [2.45, 2.75) is 25.0 Å². The Morgan fingerprint density at radius 3 is 1.92 bits per heavy atom. The Balaban J connectivity index is 2.51. The van der Waals surface area contributed by atoms with Crippen LogP contribution in [0, 0.1) is 0 Å². The molecule has 0 saturated carbocycles. The predicted octanol–water partition coefficient (Wildman–Crippen LogP) is 2.04. The fourth-order valence-electron chi connectivity index (χ4n) is 1.16. The summed E-state index contributed by atoms with van der Waals surface area (Å²) in [5.41, 5.74) is 0. The molecule has 0 unspecified atom stereocenters. The highest BCUT2D eigenvalue weighted by molar-refractivity contribution is 5.62. The summed E-state index contributed by atoms with van der Waals surface area (Å²) in [5, 5.41) is 0. The largest absolute Gasteiger partial charge is 0.509 e. The summed E-state index contributed by atoms with van der Waals surface area (Å²) < 4.78 is 9.77. The lowest BCUT2D eigenvalue weighted by Gasteiger charge is -2.10. The van der Waals surface area contributed by atoms with Crippen molar-refractivity contribution in [1.82, 2.24) is 0 Å². The third kappa shape index (κ3) is 1.87. The number of cyclic esters (lactones) is 2. The van der Waals surface area contributed by atoms with Crippen LogP contribution >= 0.6 is 0 Å². The smallest absolute Gasteiger partial charge is 0.427 e. The van der Waals surface area contributed by atoms with Crippen molar-refractivity contribution in [3.05, 3.63) is 25.3 Å². The van der Waals surface area contributed by atoms with Crippen LogP contribution in [0.5, 0.6) is 0 Å². The number of carbonyl (C=O) groups is 1. The van der Waals surface area contributed by atoms with Crippen molar-refractivity contribution in [3.8, 4) is 0 Å². The van der Waals surface area contributed by atoms with Gasteiger partial charge in [-0.2, -0.15) is 0 Å². The maximum Gasteiger partial charge on any atom is 0.509 e. The van der Waals surface area contributed by atoms with Crippen LogP contribution in [0.4, 0.5) is 4.79 Å². The maximum absolute atomic E-state index is 10.7. The van der Waals surface area contributed by atoms with Gasteiger partial charge in [-0.15, -0.1) is 13.2 Å². The molecule has 0 aliphatic carbocycles. The van der Waals surface area contributed by atoms with Crippen LogP contribution in [0.15, 0.2) is 25.3 Å². The molecular formula is C9H12O3. The Bertz CT molecular complexity index is 178. The molecule has 0 amide bonds. The topological polar surface area (TPSA) is 35.5 Å². The van der Waals surface area contributed by atoms with Crippen LogP contribution in [0.3, 0.4) is 0 Å². The van der Waals surface area contributed by atoms with E-state index < -0.39 is 6.16 Å². The molecule has 1 saturated heterocycles. The van der Waals surface area contributed by atoms with Gasteiger partial charge in [-0.3, -0.25) is 0 Å². The second kappa shape index (κ2) is 3.95. The molecule has 0 aromatic heterocycles. The van der Waals surface area contributed by atoms with Gasteiger partial charge in [0.2, 0.25) is 0 Å². The molecule has 0 bridgehead atoms. The molecule has 1 aliphatic heterocycles. The lowest BCUT2D eigenvalue weighted by atomic mass is 10.1. The molecule has 0 radical (unpaired) electrons. The molecule has 0 aromatic carbocycles. The Labute approximate surface area is 71.7 Å². The van der Waals surface area contributed by atoms with Crippen molar-refractivity contribution < 1.29 is 14.3 Å². The molecule has 12 heavy (non-hydrogen) atoms. The van der Waals surface area contributed by atoms with E-state index in [9.17, 15) is 4.79 Å². The van der Waals surface area contributed by atoms with Crippen LogP contribution in [-0.2, 0) is 9.47 Å². The molecule has 2 atom stereocenters. The lowest BCUT2D eigenvalue weighted by Crippen LogP contribution is -2.20. The molecule has 66 valence electrons. The van der Waals surface area contributed by atoms with E-state index >= 15 is 0 Å². The van der Waals surface area contributed by atoms with Gasteiger partial charge in [0.25, 0.3) is 0 Å². The van der Waals surface area contributed by atoms with E-state index in [0.29, 0.717) is 12.8 Å². The van der Waals surface area contributed by atoms with Gasteiger partial charge in [0.1, 0.15) is 12.2 Å². The zero-order chi connectivity index (χ0) is 8.97. The monoisotopic (exact) mass is 168 g/mol. The third-order valence-corrected chi connectivity index (χ3v) is 1.71. The fourth-order valence-corrected chi connectivity index (χ4v) is 1.16. The zero-order valence-corrected chi connectivity index (χ0v) is 6.86. The minimum atomic E-state index is -0.589. The van der Waals surface area contributed by atoms with E-state index in [1.807, 2.05) is 0 Å². The quantitative estimate of drug-likeness (QED) is 0.476. The number of hydrogen-bond donors (Lipinski definition) is 0. The Morgan fingerprint density at radius 1 is 1.17 bits per heavy atom. The highest BCUT2D eigenvalue weighted by Gasteiger charge is 2.34. The molecule has 1 rings (SSSR count). The van der Waals surface area contributed by atoms with Crippen LogP contribution in [0.25, 0.3) is 0 Å².